The van der Waals surface area contributed by atoms with Crippen LogP contribution >= 0.6 is 0 Å². The summed E-state index contributed by atoms with van der Waals surface area (Å²) in [6, 6.07) is 6.28. The van der Waals surface area contributed by atoms with E-state index in [1.54, 1.807) is 42.5 Å². The number of nitrogens with one attached hydrogen (secondary N) is 2. The zero-order chi connectivity index (χ0) is 39.5. The van der Waals surface area contributed by atoms with Crippen LogP contribution < -0.4 is 10.6 Å². The van der Waals surface area contributed by atoms with E-state index < -0.39 is 59.7 Å². The van der Waals surface area contributed by atoms with Crippen LogP contribution in [0.1, 0.15) is 79.7 Å². The summed E-state index contributed by atoms with van der Waals surface area (Å²) in [5, 5.41) is 15.5. The molecule has 0 aromatic heterocycles. The van der Waals surface area contributed by atoms with Crippen molar-refractivity contribution >= 4 is 29.6 Å². The first kappa shape index (κ1) is 44.6. The van der Waals surface area contributed by atoms with Crippen molar-refractivity contribution in [2.24, 2.45) is 17.8 Å². The minimum atomic E-state index is -1.14. The van der Waals surface area contributed by atoms with Crippen LogP contribution in [-0.4, -0.2) is 133 Å². The highest BCUT2D eigenvalue weighted by Gasteiger charge is 2.43. The summed E-state index contributed by atoms with van der Waals surface area (Å²) >= 11 is 0. The van der Waals surface area contributed by atoms with Gasteiger partial charge in [-0.1, -0.05) is 71.4 Å². The number of rotatable bonds is 20. The first-order valence-corrected chi connectivity index (χ1v) is 18.5. The lowest BCUT2D eigenvalue weighted by Crippen LogP contribution is -2.61. The molecule has 0 saturated carbocycles. The SMILES string of the molecule is CCC(C)C(C(CC(=O)N1CCC[C@H]1C(OC)C(C)C(=O)NC(Cc1ccccc1)C(=O)O)OC)N(C)C(=O)C(NC(=O)C(C)(C)N(C)C)C(C)C. The van der Waals surface area contributed by atoms with Crippen molar-refractivity contribution in [2.45, 2.75) is 122 Å². The molecule has 0 spiro atoms. The highest BCUT2D eigenvalue weighted by atomic mass is 16.5. The molecular weight excluding hydrogens is 666 g/mol. The summed E-state index contributed by atoms with van der Waals surface area (Å²) < 4.78 is 11.8. The number of ether oxygens (including phenoxy) is 2. The van der Waals surface area contributed by atoms with Crippen LogP contribution in [0.25, 0.3) is 0 Å². The summed E-state index contributed by atoms with van der Waals surface area (Å²) in [6.07, 6.45) is 0.811. The number of likely N-dealkylation sites (N-methyl/N-ethyl adjacent to an activating group) is 2. The van der Waals surface area contributed by atoms with Gasteiger partial charge in [0.25, 0.3) is 0 Å². The third kappa shape index (κ3) is 11.2. The second-order valence-electron chi connectivity index (χ2n) is 15.3. The average Bonchev–Trinajstić information content (AvgIpc) is 3.59. The van der Waals surface area contributed by atoms with Gasteiger partial charge in [0.2, 0.25) is 23.6 Å². The molecule has 1 saturated heterocycles. The Hall–Kier alpha value is -3.55. The number of aliphatic carboxylic acids is 1. The molecule has 0 aliphatic carbocycles. The highest BCUT2D eigenvalue weighted by molar-refractivity contribution is 5.92. The molecule has 7 unspecified atom stereocenters. The minimum Gasteiger partial charge on any atom is -0.480 e. The van der Waals surface area contributed by atoms with E-state index in [4.69, 9.17) is 9.47 Å². The Balaban J connectivity index is 2.27. The number of benzene rings is 1. The molecule has 4 amide bonds. The molecule has 0 radical (unpaired) electrons. The zero-order valence-corrected chi connectivity index (χ0v) is 33.5. The molecule has 3 N–H and O–H groups in total. The van der Waals surface area contributed by atoms with Crippen LogP contribution in [0, 0.1) is 17.8 Å². The molecule has 1 heterocycles. The second-order valence-corrected chi connectivity index (χ2v) is 15.3. The summed E-state index contributed by atoms with van der Waals surface area (Å²) in [6.45, 7) is 13.6. The topological polar surface area (TPSA) is 158 Å². The predicted molar refractivity (Wildman–Crippen MR) is 200 cm³/mol. The van der Waals surface area contributed by atoms with Gasteiger partial charge >= 0.3 is 5.97 Å². The Bertz CT molecular complexity index is 1340. The van der Waals surface area contributed by atoms with Crippen molar-refractivity contribution < 1.29 is 38.6 Å². The molecule has 8 atom stereocenters. The number of likely N-dealkylation sites (tertiary alicyclic amines) is 1. The lowest BCUT2D eigenvalue weighted by Gasteiger charge is -2.41. The van der Waals surface area contributed by atoms with Crippen molar-refractivity contribution in [3.05, 3.63) is 35.9 Å². The van der Waals surface area contributed by atoms with Crippen LogP contribution in [-0.2, 0) is 39.9 Å². The predicted octanol–water partition coefficient (Wildman–Crippen LogP) is 3.20. The van der Waals surface area contributed by atoms with Crippen LogP contribution in [0.5, 0.6) is 0 Å². The van der Waals surface area contributed by atoms with Gasteiger partial charge in [0, 0.05) is 34.2 Å². The smallest absolute Gasteiger partial charge is 0.326 e. The molecule has 2 rings (SSSR count). The summed E-state index contributed by atoms with van der Waals surface area (Å²) in [5.41, 5.74) is -0.0546. The average molecular weight is 732 g/mol. The van der Waals surface area contributed by atoms with Crippen molar-refractivity contribution in [2.75, 3.05) is 41.9 Å². The Morgan fingerprint density at radius 2 is 1.60 bits per heavy atom. The van der Waals surface area contributed by atoms with Gasteiger partial charge < -0.3 is 35.0 Å². The molecule has 1 aromatic rings. The number of carboxylic acid groups (broad SMARTS) is 1. The van der Waals surface area contributed by atoms with Crippen molar-refractivity contribution in [3.63, 3.8) is 0 Å². The molecule has 52 heavy (non-hydrogen) atoms. The van der Waals surface area contributed by atoms with Crippen LogP contribution in [0.2, 0.25) is 0 Å². The van der Waals surface area contributed by atoms with E-state index in [2.05, 4.69) is 10.6 Å². The van der Waals surface area contributed by atoms with Gasteiger partial charge in [-0.15, -0.1) is 0 Å². The maximum atomic E-state index is 14.1. The van der Waals surface area contributed by atoms with Gasteiger partial charge in [-0.25, -0.2) is 4.79 Å². The van der Waals surface area contributed by atoms with E-state index in [1.165, 1.54) is 14.2 Å². The fraction of sp³-hybridized carbons (Fsp3) is 0.718. The fourth-order valence-electron chi connectivity index (χ4n) is 6.91. The van der Waals surface area contributed by atoms with Gasteiger partial charge in [-0.2, -0.15) is 0 Å². The largest absolute Gasteiger partial charge is 0.480 e. The molecule has 1 aliphatic heterocycles. The summed E-state index contributed by atoms with van der Waals surface area (Å²) in [5.74, 6) is -3.32. The molecule has 0 bridgehead atoms. The Kier molecular flexibility index (Phi) is 17.2. The quantitative estimate of drug-likeness (QED) is 0.183. The van der Waals surface area contributed by atoms with Crippen LogP contribution in [0.3, 0.4) is 0 Å². The standard InChI is InChI=1S/C39H65N5O8/c1-13-25(4)33(43(10)36(47)32(24(2)3)41-38(50)39(6,7)42(8)9)30(51-11)23-31(45)44-21-17-20-29(44)34(52-12)26(5)35(46)40-28(37(48)49)22-27-18-15-14-16-19-27/h14-16,18-19,24-26,28-30,32-34H,13,17,20-23H2,1-12H3,(H,40,46)(H,41,50)(H,48,49)/t25?,26?,28?,29-,30?,32?,33?,34?/m0/s1. The number of amides is 4. The maximum absolute atomic E-state index is 14.1. The van der Waals surface area contributed by atoms with Gasteiger partial charge in [0.15, 0.2) is 0 Å². The molecular formula is C39H65N5O8. The van der Waals surface area contributed by atoms with Gasteiger partial charge in [-0.05, 0) is 58.2 Å². The van der Waals surface area contributed by atoms with E-state index in [0.717, 1.165) is 12.0 Å². The molecule has 13 nitrogen and oxygen atoms in total. The molecule has 294 valence electrons. The third-order valence-corrected chi connectivity index (χ3v) is 11.0. The fourth-order valence-corrected chi connectivity index (χ4v) is 6.91. The zero-order valence-electron chi connectivity index (χ0n) is 33.5. The Morgan fingerprint density at radius 3 is 2.10 bits per heavy atom. The Labute approximate surface area is 311 Å². The number of methoxy groups -OCH3 is 2. The highest BCUT2D eigenvalue weighted by Crippen LogP contribution is 2.30. The van der Waals surface area contributed by atoms with Crippen molar-refractivity contribution in [1.82, 2.24) is 25.3 Å². The van der Waals surface area contributed by atoms with Crippen LogP contribution in [0.15, 0.2) is 30.3 Å². The van der Waals surface area contributed by atoms with Crippen LogP contribution in [0.4, 0.5) is 0 Å². The first-order valence-electron chi connectivity index (χ1n) is 18.5. The first-order chi connectivity index (χ1) is 24.3. The number of carbonyl (C=O) groups excluding carboxylic acids is 4. The van der Waals surface area contributed by atoms with E-state index in [-0.39, 0.29) is 42.4 Å². The monoisotopic (exact) mass is 731 g/mol. The lowest BCUT2D eigenvalue weighted by molar-refractivity contribution is -0.148. The molecule has 1 fully saturated rings. The molecule has 13 heteroatoms. The number of carboxylic acids is 1. The van der Waals surface area contributed by atoms with Gasteiger partial charge in [-0.3, -0.25) is 24.1 Å². The van der Waals surface area contributed by atoms with Gasteiger partial charge in [0.05, 0.1) is 42.2 Å². The van der Waals surface area contributed by atoms with Gasteiger partial charge in [0.1, 0.15) is 12.1 Å². The molecule has 1 aliphatic rings. The summed E-state index contributed by atoms with van der Waals surface area (Å²) in [7, 11) is 8.36. The van der Waals surface area contributed by atoms with E-state index in [0.29, 0.717) is 19.4 Å². The lowest BCUT2D eigenvalue weighted by atomic mass is 9.89. The number of nitrogens with zero attached hydrogens (tertiary/aromatic N) is 3. The van der Waals surface area contributed by atoms with E-state index in [1.807, 2.05) is 72.1 Å². The molecule has 1 aromatic carbocycles. The number of hydrogen-bond donors (Lipinski definition) is 3. The normalized spacial score (nSPS) is 19.0. The van der Waals surface area contributed by atoms with E-state index in [9.17, 15) is 29.1 Å². The Morgan fingerprint density at radius 1 is 0.981 bits per heavy atom. The number of carbonyl (C=O) groups is 5. The van der Waals surface area contributed by atoms with Crippen molar-refractivity contribution in [3.8, 4) is 0 Å². The number of hydrogen-bond acceptors (Lipinski definition) is 8. The second kappa shape index (κ2) is 20.1. The van der Waals surface area contributed by atoms with Crippen molar-refractivity contribution in [1.29, 1.82) is 0 Å². The van der Waals surface area contributed by atoms with E-state index >= 15 is 0 Å². The minimum absolute atomic E-state index is 0.0127. The summed E-state index contributed by atoms with van der Waals surface area (Å²) in [4.78, 5) is 72.2. The third-order valence-electron chi connectivity index (χ3n) is 11.0. The maximum Gasteiger partial charge on any atom is 0.326 e.